The van der Waals surface area contributed by atoms with Gasteiger partial charge in [0.15, 0.2) is 11.8 Å². The number of esters is 1. The highest BCUT2D eigenvalue weighted by molar-refractivity contribution is 6.05. The van der Waals surface area contributed by atoms with Gasteiger partial charge in [-0.1, -0.05) is 26.0 Å². The van der Waals surface area contributed by atoms with Crippen LogP contribution >= 0.6 is 0 Å². The average Bonchev–Trinajstić information content (AvgIpc) is 4.00. The van der Waals surface area contributed by atoms with Gasteiger partial charge in [0.2, 0.25) is 35.2 Å². The minimum atomic E-state index is -0.791. The second kappa shape index (κ2) is 18.8. The van der Waals surface area contributed by atoms with Gasteiger partial charge in [-0.15, -0.1) is 0 Å². The van der Waals surface area contributed by atoms with Gasteiger partial charge in [0.25, 0.3) is 11.8 Å². The minimum Gasteiger partial charge on any atom is -0.494 e. The van der Waals surface area contributed by atoms with Gasteiger partial charge in [-0.05, 0) is 44.0 Å². The Labute approximate surface area is 354 Å². The molecule has 0 aliphatic heterocycles. The lowest BCUT2D eigenvalue weighted by atomic mass is 10.1. The third kappa shape index (κ3) is 9.41. The standard InChI is InChI=1S/C41H47N11O10/c1-7-25-33(61-21(4)45-25)37(55)49-40-47-27-16-23(35(43)53)18-29(58-6)31(27)51(40)12-9-10-13-52-32-28(48-41(52)50-38(56)34-26(8-2)46-22(5)62-34)17-24(36(44)54)19-30(32)59-14-11-15-60-39(57)20(3)42/h9-10,16-20H,7-8,11-15,42H2,1-6H3,(H2,43,53)(H2,44,54)(H,47,49,55)(H,48,50,56)/b10-9+/t20-/m0/s1. The van der Waals surface area contributed by atoms with Gasteiger partial charge in [-0.3, -0.25) is 34.6 Å². The number of methoxy groups -OCH3 is 1. The van der Waals surface area contributed by atoms with Crippen LogP contribution in [0.4, 0.5) is 11.9 Å². The highest BCUT2D eigenvalue weighted by Gasteiger charge is 2.25. The van der Waals surface area contributed by atoms with Crippen LogP contribution in [0.15, 0.2) is 45.3 Å². The highest BCUT2D eigenvalue weighted by Crippen LogP contribution is 2.33. The molecule has 62 heavy (non-hydrogen) atoms. The predicted octanol–water partition coefficient (Wildman–Crippen LogP) is 3.73. The normalized spacial score (nSPS) is 11.9. The molecule has 0 aliphatic rings. The second-order valence-corrected chi connectivity index (χ2v) is 14.0. The highest BCUT2D eigenvalue weighted by atomic mass is 16.5. The van der Waals surface area contributed by atoms with Crippen molar-refractivity contribution in [3.63, 3.8) is 0 Å². The van der Waals surface area contributed by atoms with Crippen molar-refractivity contribution in [2.75, 3.05) is 31.0 Å². The number of hydrogen-bond acceptors (Lipinski definition) is 15. The molecule has 326 valence electrons. The molecule has 6 aromatic rings. The minimum absolute atomic E-state index is 0.0105. The van der Waals surface area contributed by atoms with E-state index < -0.39 is 35.6 Å². The second-order valence-electron chi connectivity index (χ2n) is 14.0. The average molecular weight is 854 g/mol. The van der Waals surface area contributed by atoms with E-state index in [4.69, 9.17) is 40.2 Å². The molecule has 0 unspecified atom stereocenters. The Hall–Kier alpha value is -7.55. The number of primary amides is 2. The Balaban J connectivity index is 1.39. The number of oxazole rings is 2. The lowest BCUT2D eigenvalue weighted by molar-refractivity contribution is -0.145. The monoisotopic (exact) mass is 853 g/mol. The summed E-state index contributed by atoms with van der Waals surface area (Å²) in [6.45, 7) is 8.70. The number of rotatable bonds is 19. The van der Waals surface area contributed by atoms with Crippen molar-refractivity contribution in [2.24, 2.45) is 17.2 Å². The molecule has 21 heteroatoms. The summed E-state index contributed by atoms with van der Waals surface area (Å²) in [6, 6.07) is 5.11. The van der Waals surface area contributed by atoms with E-state index in [1.165, 1.54) is 38.3 Å². The van der Waals surface area contributed by atoms with Gasteiger partial charge in [0.05, 0.1) is 42.7 Å². The zero-order chi connectivity index (χ0) is 44.8. The van der Waals surface area contributed by atoms with Gasteiger partial charge in [0.1, 0.15) is 28.6 Å². The summed E-state index contributed by atoms with van der Waals surface area (Å²) < 4.78 is 31.6. The topological polar surface area (TPSA) is 303 Å². The van der Waals surface area contributed by atoms with Crippen LogP contribution in [0.25, 0.3) is 22.1 Å². The first-order valence-corrected chi connectivity index (χ1v) is 19.6. The maximum atomic E-state index is 13.7. The van der Waals surface area contributed by atoms with E-state index in [2.05, 4.69) is 30.6 Å². The fraction of sp³-hybridized carbons (Fsp3) is 0.341. The summed E-state index contributed by atoms with van der Waals surface area (Å²) in [5, 5.41) is 5.63. The van der Waals surface area contributed by atoms with Gasteiger partial charge in [-0.25, -0.2) is 19.9 Å². The van der Waals surface area contributed by atoms with E-state index in [0.717, 1.165) is 0 Å². The van der Waals surface area contributed by atoms with Crippen molar-refractivity contribution in [1.82, 2.24) is 29.1 Å². The first-order valence-electron chi connectivity index (χ1n) is 19.6. The first-order chi connectivity index (χ1) is 29.6. The Bertz CT molecular complexity index is 2720. The Morgan fingerprint density at radius 2 is 1.21 bits per heavy atom. The molecule has 2 aromatic carbocycles. The zero-order valence-electron chi connectivity index (χ0n) is 35.0. The van der Waals surface area contributed by atoms with Crippen molar-refractivity contribution in [3.8, 4) is 11.5 Å². The number of aromatic nitrogens is 6. The molecule has 0 saturated carbocycles. The number of imidazole rings is 2. The summed E-state index contributed by atoms with van der Waals surface area (Å²) in [5.41, 5.74) is 19.5. The van der Waals surface area contributed by atoms with Crippen LogP contribution in [0.5, 0.6) is 11.5 Å². The number of anilines is 2. The Kier molecular flexibility index (Phi) is 13.3. The quantitative estimate of drug-likeness (QED) is 0.0440. The molecule has 0 fully saturated rings. The number of nitrogens with two attached hydrogens (primary N) is 3. The fourth-order valence-electron chi connectivity index (χ4n) is 6.55. The van der Waals surface area contributed by atoms with Gasteiger partial charge in [-0.2, -0.15) is 0 Å². The molecular weight excluding hydrogens is 807 g/mol. The molecule has 1 atom stereocenters. The number of benzene rings is 2. The van der Waals surface area contributed by atoms with E-state index in [1.54, 1.807) is 35.1 Å². The molecule has 0 saturated heterocycles. The number of nitrogens with zero attached hydrogens (tertiary/aromatic N) is 6. The van der Waals surface area contributed by atoms with E-state index >= 15 is 0 Å². The van der Waals surface area contributed by atoms with E-state index in [1.807, 2.05) is 13.8 Å². The van der Waals surface area contributed by atoms with E-state index in [0.29, 0.717) is 52.6 Å². The molecular formula is C41H47N11O10. The Morgan fingerprint density at radius 3 is 1.65 bits per heavy atom. The van der Waals surface area contributed by atoms with Crippen molar-refractivity contribution in [3.05, 3.63) is 82.2 Å². The number of carbonyl (C=O) groups is 5. The number of fused-ring (bicyclic) bond motifs is 2. The summed E-state index contributed by atoms with van der Waals surface area (Å²) >= 11 is 0. The summed E-state index contributed by atoms with van der Waals surface area (Å²) in [7, 11) is 1.43. The molecule has 4 aromatic heterocycles. The molecule has 8 N–H and O–H groups in total. The largest absolute Gasteiger partial charge is 0.494 e. The smallest absolute Gasteiger partial charge is 0.322 e. The molecule has 6 rings (SSSR count). The fourth-order valence-corrected chi connectivity index (χ4v) is 6.55. The maximum absolute atomic E-state index is 13.7. The molecule has 4 heterocycles. The van der Waals surface area contributed by atoms with Crippen LogP contribution in [0.2, 0.25) is 0 Å². The molecule has 4 amide bonds. The molecule has 0 spiro atoms. The van der Waals surface area contributed by atoms with Gasteiger partial charge >= 0.3 is 5.97 Å². The number of nitrogens with one attached hydrogen (secondary N) is 2. The maximum Gasteiger partial charge on any atom is 0.322 e. The van der Waals surface area contributed by atoms with Crippen LogP contribution in [0.3, 0.4) is 0 Å². The zero-order valence-corrected chi connectivity index (χ0v) is 35.0. The third-order valence-electron chi connectivity index (χ3n) is 9.45. The van der Waals surface area contributed by atoms with Crippen LogP contribution in [0.1, 0.15) is 92.2 Å². The number of ether oxygens (including phenoxy) is 3. The number of allylic oxidation sites excluding steroid dienone is 2. The molecule has 21 nitrogen and oxygen atoms in total. The number of carbonyl (C=O) groups excluding carboxylic acids is 5. The van der Waals surface area contributed by atoms with Crippen LogP contribution in [0, 0.1) is 13.8 Å². The molecule has 0 radical (unpaired) electrons. The van der Waals surface area contributed by atoms with Crippen molar-refractivity contribution >= 4 is 63.6 Å². The summed E-state index contributed by atoms with van der Waals surface area (Å²) in [6.07, 6.45) is 4.68. The summed E-state index contributed by atoms with van der Waals surface area (Å²) in [5.74, 6) is -1.91. The van der Waals surface area contributed by atoms with Crippen molar-refractivity contribution < 1.29 is 47.0 Å². The number of hydrogen-bond donors (Lipinski definition) is 5. The number of aryl methyl sites for hydroxylation is 4. The SMILES string of the molecule is CCc1nc(C)oc1C(=O)Nc1nc2cc(C(N)=O)cc(OC)c2n1C/C=C/Cn1c(NC(=O)c2oc(C)nc2CC)nc2cc(C(N)=O)cc(OCCCOC(=O)[C@H](C)N)c21. The van der Waals surface area contributed by atoms with Gasteiger partial charge in [0, 0.05) is 44.5 Å². The van der Waals surface area contributed by atoms with Crippen LogP contribution in [-0.2, 0) is 35.5 Å². The van der Waals surface area contributed by atoms with Crippen molar-refractivity contribution in [1.29, 1.82) is 0 Å². The Morgan fingerprint density at radius 1 is 0.742 bits per heavy atom. The van der Waals surface area contributed by atoms with Crippen molar-refractivity contribution in [2.45, 2.75) is 73.0 Å². The molecule has 0 bridgehead atoms. The van der Waals surface area contributed by atoms with Crippen LogP contribution < -0.4 is 37.3 Å². The first kappa shape index (κ1) is 44.0. The predicted molar refractivity (Wildman–Crippen MR) is 224 cm³/mol. The van der Waals surface area contributed by atoms with E-state index in [-0.39, 0.29) is 84.3 Å². The third-order valence-corrected chi connectivity index (χ3v) is 9.45. The lowest BCUT2D eigenvalue weighted by Crippen LogP contribution is -2.29. The van der Waals surface area contributed by atoms with Crippen LogP contribution in [-0.4, -0.2) is 85.0 Å². The lowest BCUT2D eigenvalue weighted by Gasteiger charge is -2.13. The van der Waals surface area contributed by atoms with Gasteiger partial charge < -0.3 is 49.4 Å². The summed E-state index contributed by atoms with van der Waals surface area (Å²) in [4.78, 5) is 81.7. The molecule has 0 aliphatic carbocycles. The van der Waals surface area contributed by atoms with E-state index in [9.17, 15) is 24.0 Å². The number of amides is 4.